The van der Waals surface area contributed by atoms with Crippen LogP contribution in [0.15, 0.2) is 23.4 Å². The van der Waals surface area contributed by atoms with Crippen molar-refractivity contribution in [1.29, 1.82) is 0 Å². The molecule has 10 heteroatoms. The third-order valence-electron chi connectivity index (χ3n) is 6.30. The van der Waals surface area contributed by atoms with Gasteiger partial charge in [-0.15, -0.1) is 0 Å². The number of hydrogen-bond acceptors (Lipinski definition) is 5. The average molecular weight is 574 g/mol. The van der Waals surface area contributed by atoms with Crippen molar-refractivity contribution >= 4 is 44.4 Å². The molecule has 0 spiro atoms. The van der Waals surface area contributed by atoms with Gasteiger partial charge < -0.3 is 9.64 Å². The summed E-state index contributed by atoms with van der Waals surface area (Å²) in [5, 5.41) is 0. The smallest absolute Gasteiger partial charge is 0.410 e. The first kappa shape index (κ1) is 23.7. The third kappa shape index (κ3) is 4.91. The zero-order valence-corrected chi connectivity index (χ0v) is 22.0. The van der Waals surface area contributed by atoms with Crippen LogP contribution in [0.2, 0.25) is 0 Å². The fourth-order valence-electron chi connectivity index (χ4n) is 4.40. The van der Waals surface area contributed by atoms with E-state index in [1.54, 1.807) is 23.4 Å². The molecule has 8 nitrogen and oxygen atoms in total. The van der Waals surface area contributed by atoms with E-state index in [4.69, 9.17) is 4.74 Å². The minimum Gasteiger partial charge on any atom is -0.444 e. The Morgan fingerprint density at radius 1 is 1.28 bits per heavy atom. The molecule has 1 saturated heterocycles. The van der Waals surface area contributed by atoms with Gasteiger partial charge in [0.2, 0.25) is 10.0 Å². The highest BCUT2D eigenvalue weighted by molar-refractivity contribution is 14.1. The lowest BCUT2D eigenvalue weighted by Gasteiger charge is -2.38. The maximum Gasteiger partial charge on any atom is 0.410 e. The number of nitrogens with zero attached hydrogens (tertiary/aromatic N) is 3. The second kappa shape index (κ2) is 8.43. The first-order valence-electron chi connectivity index (χ1n) is 11.1. The average Bonchev–Trinajstić information content (AvgIpc) is 3.06. The number of piperidine rings is 1. The number of halogens is 1. The number of carbonyl (C=O) groups is 1. The number of pyridine rings is 1. The van der Waals surface area contributed by atoms with Gasteiger partial charge in [-0.3, -0.25) is 4.40 Å². The van der Waals surface area contributed by atoms with E-state index in [0.29, 0.717) is 13.1 Å². The Morgan fingerprint density at radius 3 is 2.50 bits per heavy atom. The fourth-order valence-corrected chi connectivity index (χ4v) is 6.40. The van der Waals surface area contributed by atoms with E-state index < -0.39 is 15.6 Å². The van der Waals surface area contributed by atoms with Gasteiger partial charge in [0, 0.05) is 24.8 Å². The van der Waals surface area contributed by atoms with Crippen LogP contribution in [0.5, 0.6) is 0 Å². The molecule has 2 aromatic rings. The zero-order valence-electron chi connectivity index (χ0n) is 19.0. The Kier molecular flexibility index (Phi) is 6.25. The highest BCUT2D eigenvalue weighted by atomic mass is 127. The molecule has 0 aromatic carbocycles. The number of hydrogen-bond donors (Lipinski definition) is 1. The van der Waals surface area contributed by atoms with Crippen LogP contribution in [-0.4, -0.2) is 53.0 Å². The summed E-state index contributed by atoms with van der Waals surface area (Å²) in [4.78, 5) is 19.0. The van der Waals surface area contributed by atoms with Crippen molar-refractivity contribution in [1.82, 2.24) is 19.0 Å². The van der Waals surface area contributed by atoms with E-state index in [1.807, 2.05) is 32.1 Å². The van der Waals surface area contributed by atoms with E-state index in [1.165, 1.54) is 0 Å². The fraction of sp³-hybridized carbons (Fsp3) is 0.636. The van der Waals surface area contributed by atoms with Crippen LogP contribution in [0, 0.1) is 3.70 Å². The van der Waals surface area contributed by atoms with Crippen molar-refractivity contribution in [2.45, 2.75) is 81.8 Å². The van der Waals surface area contributed by atoms with Gasteiger partial charge in [0.25, 0.3) is 0 Å². The van der Waals surface area contributed by atoms with Gasteiger partial charge in [-0.25, -0.2) is 22.9 Å². The normalized spacial score (nSPS) is 19.7. The lowest BCUT2D eigenvalue weighted by atomic mass is 9.80. The number of nitrogens with one attached hydrogen (secondary N) is 1. The Bertz CT molecular complexity index is 1130. The number of carbonyl (C=O) groups excluding carboxylic acids is 1. The maximum atomic E-state index is 13.2. The first-order chi connectivity index (χ1) is 14.9. The SMILES string of the molecule is CC1(NS(=O)(=O)c2cc(C3CCN(C(=O)OC(C)(C)C)CC3)c3ncc(I)n3c2)CCC1. The van der Waals surface area contributed by atoms with E-state index in [9.17, 15) is 13.2 Å². The first-order valence-corrected chi connectivity index (χ1v) is 13.6. The number of fused-ring (bicyclic) bond motifs is 1. The number of amides is 1. The predicted octanol–water partition coefficient (Wildman–Crippen LogP) is 4.27. The third-order valence-corrected chi connectivity index (χ3v) is 8.70. The summed E-state index contributed by atoms with van der Waals surface area (Å²) in [6.07, 6.45) is 7.32. The maximum absolute atomic E-state index is 13.2. The summed E-state index contributed by atoms with van der Waals surface area (Å²) in [6.45, 7) is 8.67. The number of likely N-dealkylation sites (tertiary alicyclic amines) is 1. The van der Waals surface area contributed by atoms with Crippen molar-refractivity contribution in [3.05, 3.63) is 27.7 Å². The number of aromatic nitrogens is 2. The molecule has 2 aliphatic rings. The summed E-state index contributed by atoms with van der Waals surface area (Å²) in [7, 11) is -3.66. The minimum atomic E-state index is -3.66. The van der Waals surface area contributed by atoms with Gasteiger partial charge in [0.05, 0.1) is 11.1 Å². The van der Waals surface area contributed by atoms with E-state index >= 15 is 0 Å². The molecule has 1 aliphatic heterocycles. The zero-order chi connectivity index (χ0) is 23.3. The molecular weight excluding hydrogens is 543 g/mol. The van der Waals surface area contributed by atoms with Crippen LogP contribution in [0.1, 0.15) is 71.3 Å². The lowest BCUT2D eigenvalue weighted by Crippen LogP contribution is -2.50. The molecule has 32 heavy (non-hydrogen) atoms. The van der Waals surface area contributed by atoms with Gasteiger partial charge in [-0.2, -0.15) is 0 Å². The second-order valence-corrected chi connectivity index (χ2v) is 13.0. The van der Waals surface area contributed by atoms with Crippen molar-refractivity contribution < 1.29 is 17.9 Å². The van der Waals surface area contributed by atoms with Crippen LogP contribution < -0.4 is 4.72 Å². The Balaban J connectivity index is 1.60. The molecule has 1 amide bonds. The Labute approximate surface area is 203 Å². The summed E-state index contributed by atoms with van der Waals surface area (Å²) in [5.74, 6) is 0.115. The van der Waals surface area contributed by atoms with Crippen molar-refractivity contribution in [2.24, 2.45) is 0 Å². The van der Waals surface area contributed by atoms with Crippen molar-refractivity contribution in [3.63, 3.8) is 0 Å². The molecule has 1 saturated carbocycles. The van der Waals surface area contributed by atoms with E-state index in [0.717, 1.165) is 47.0 Å². The summed E-state index contributed by atoms with van der Waals surface area (Å²) in [5.41, 5.74) is 0.797. The van der Waals surface area contributed by atoms with Crippen LogP contribution in [0.25, 0.3) is 5.65 Å². The highest BCUT2D eigenvalue weighted by Crippen LogP contribution is 2.35. The van der Waals surface area contributed by atoms with E-state index in [-0.39, 0.29) is 22.4 Å². The van der Waals surface area contributed by atoms with Gasteiger partial charge >= 0.3 is 6.09 Å². The van der Waals surface area contributed by atoms with Crippen LogP contribution >= 0.6 is 22.6 Å². The topological polar surface area (TPSA) is 93.0 Å². The molecule has 1 N–H and O–H groups in total. The Morgan fingerprint density at radius 2 is 1.94 bits per heavy atom. The minimum absolute atomic E-state index is 0.115. The molecule has 0 radical (unpaired) electrons. The standard InChI is InChI=1S/C22H31IN4O4S/c1-21(2,3)31-20(28)26-10-6-15(7-11-26)17-12-16(14-27-18(23)13-24-19(17)27)32(29,30)25-22(4)8-5-9-22/h12-15,25H,5-11H2,1-4H3. The second-order valence-electron chi connectivity index (χ2n) is 10.2. The van der Waals surface area contributed by atoms with Gasteiger partial charge in [-0.1, -0.05) is 0 Å². The largest absolute Gasteiger partial charge is 0.444 e. The molecule has 0 bridgehead atoms. The summed E-state index contributed by atoms with van der Waals surface area (Å²) in [6, 6.07) is 1.77. The highest BCUT2D eigenvalue weighted by Gasteiger charge is 2.37. The number of imidazole rings is 1. The summed E-state index contributed by atoms with van der Waals surface area (Å²) < 4.78 is 37.5. The number of ether oxygens (including phenoxy) is 1. The molecule has 0 unspecified atom stereocenters. The quantitative estimate of drug-likeness (QED) is 0.551. The van der Waals surface area contributed by atoms with Gasteiger partial charge in [0.1, 0.15) is 14.9 Å². The molecule has 176 valence electrons. The van der Waals surface area contributed by atoms with Crippen LogP contribution in [0.4, 0.5) is 4.79 Å². The van der Waals surface area contributed by atoms with Gasteiger partial charge in [-0.05, 0) is 99.9 Å². The van der Waals surface area contributed by atoms with Gasteiger partial charge in [0.15, 0.2) is 0 Å². The molecule has 4 rings (SSSR count). The number of rotatable bonds is 4. The number of sulfonamides is 1. The molecule has 3 heterocycles. The molecule has 0 atom stereocenters. The molecule has 1 aliphatic carbocycles. The van der Waals surface area contributed by atoms with Crippen LogP contribution in [0.3, 0.4) is 0 Å². The lowest BCUT2D eigenvalue weighted by molar-refractivity contribution is 0.0205. The molecule has 2 aromatic heterocycles. The van der Waals surface area contributed by atoms with Crippen molar-refractivity contribution in [3.8, 4) is 0 Å². The monoisotopic (exact) mass is 574 g/mol. The van der Waals surface area contributed by atoms with Crippen molar-refractivity contribution in [2.75, 3.05) is 13.1 Å². The van der Waals surface area contributed by atoms with Crippen LogP contribution in [-0.2, 0) is 14.8 Å². The predicted molar refractivity (Wildman–Crippen MR) is 130 cm³/mol. The summed E-state index contributed by atoms with van der Waals surface area (Å²) >= 11 is 2.17. The Hall–Kier alpha value is -1.40. The molecule has 2 fully saturated rings. The van der Waals surface area contributed by atoms with E-state index in [2.05, 4.69) is 32.3 Å². The molecular formula is C22H31IN4O4S.